The van der Waals surface area contributed by atoms with E-state index in [1.54, 1.807) is 0 Å². The second-order valence-electron chi connectivity index (χ2n) is 6.08. The maximum Gasteiger partial charge on any atom is 0.0699 e. The van der Waals surface area contributed by atoms with E-state index < -0.39 is 0 Å². The molecule has 114 valence electrons. The predicted molar refractivity (Wildman–Crippen MR) is 89.2 cm³/mol. The first-order valence-electron chi connectivity index (χ1n) is 7.71. The number of anilines is 1. The number of hydrogen-bond donors (Lipinski definition) is 1. The molecular weight excluding hydrogens is 246 g/mol. The molecule has 0 aliphatic carbocycles. The Morgan fingerprint density at radius 3 is 1.90 bits per heavy atom. The molecule has 3 nitrogen and oxygen atoms in total. The molecule has 0 bridgehead atoms. The van der Waals surface area contributed by atoms with Crippen molar-refractivity contribution in [2.75, 3.05) is 32.1 Å². The first-order chi connectivity index (χ1) is 9.40. The van der Waals surface area contributed by atoms with Crippen LogP contribution in [0.2, 0.25) is 0 Å². The summed E-state index contributed by atoms with van der Waals surface area (Å²) in [6.45, 7) is 8.71. The maximum atomic E-state index is 6.58. The second kappa shape index (κ2) is 7.65. The quantitative estimate of drug-likeness (QED) is 0.741. The number of rotatable bonds is 8. The van der Waals surface area contributed by atoms with Gasteiger partial charge in [-0.15, -0.1) is 0 Å². The van der Waals surface area contributed by atoms with Gasteiger partial charge < -0.3 is 10.6 Å². The molecule has 0 heterocycles. The largest absolute Gasteiger partial charge is 0.378 e. The van der Waals surface area contributed by atoms with Gasteiger partial charge in [0.05, 0.1) is 5.66 Å². The van der Waals surface area contributed by atoms with E-state index in [2.05, 4.69) is 68.9 Å². The summed E-state index contributed by atoms with van der Waals surface area (Å²) in [5.41, 5.74) is 8.84. The first kappa shape index (κ1) is 17.0. The molecular formula is C17H31N3. The van der Waals surface area contributed by atoms with Crippen LogP contribution in [-0.4, -0.2) is 37.7 Å². The number of hydrogen-bond acceptors (Lipinski definition) is 3. The zero-order valence-electron chi connectivity index (χ0n) is 13.8. The van der Waals surface area contributed by atoms with E-state index in [1.165, 1.54) is 11.3 Å². The fourth-order valence-corrected chi connectivity index (χ4v) is 2.60. The van der Waals surface area contributed by atoms with Gasteiger partial charge in [-0.25, -0.2) is 0 Å². The summed E-state index contributed by atoms with van der Waals surface area (Å²) < 4.78 is 0. The summed E-state index contributed by atoms with van der Waals surface area (Å²) in [6.07, 6.45) is 3.18. The van der Waals surface area contributed by atoms with Crippen LogP contribution >= 0.6 is 0 Å². The lowest BCUT2D eigenvalue weighted by Gasteiger charge is -2.38. The van der Waals surface area contributed by atoms with Crippen LogP contribution in [0, 0.1) is 0 Å². The Balaban J connectivity index is 2.77. The van der Waals surface area contributed by atoms with Gasteiger partial charge in [0.15, 0.2) is 0 Å². The highest BCUT2D eigenvalue weighted by Crippen LogP contribution is 2.19. The highest BCUT2D eigenvalue weighted by Gasteiger charge is 2.26. The monoisotopic (exact) mass is 277 g/mol. The van der Waals surface area contributed by atoms with E-state index in [1.807, 2.05) is 0 Å². The normalized spacial score (nSPS) is 14.3. The summed E-state index contributed by atoms with van der Waals surface area (Å²) in [5, 5.41) is 0. The van der Waals surface area contributed by atoms with Gasteiger partial charge in [0.25, 0.3) is 0 Å². The summed E-state index contributed by atoms with van der Waals surface area (Å²) in [6, 6.07) is 8.71. The fraction of sp³-hybridized carbons (Fsp3) is 0.647. The van der Waals surface area contributed by atoms with Crippen LogP contribution in [-0.2, 0) is 6.42 Å². The number of benzene rings is 1. The Hall–Kier alpha value is -1.06. The van der Waals surface area contributed by atoms with E-state index in [4.69, 9.17) is 5.73 Å². The zero-order chi connectivity index (χ0) is 15.2. The van der Waals surface area contributed by atoms with Crippen molar-refractivity contribution in [2.45, 2.75) is 45.7 Å². The summed E-state index contributed by atoms with van der Waals surface area (Å²) in [4.78, 5) is 4.53. The van der Waals surface area contributed by atoms with Gasteiger partial charge in [-0.3, -0.25) is 4.90 Å². The molecule has 0 amide bonds. The van der Waals surface area contributed by atoms with Gasteiger partial charge in [-0.1, -0.05) is 26.0 Å². The van der Waals surface area contributed by atoms with Crippen LogP contribution in [0.5, 0.6) is 0 Å². The summed E-state index contributed by atoms with van der Waals surface area (Å²) >= 11 is 0. The lowest BCUT2D eigenvalue weighted by atomic mass is 9.99. The van der Waals surface area contributed by atoms with Crippen molar-refractivity contribution >= 4 is 5.69 Å². The average Bonchev–Trinajstić information content (AvgIpc) is 2.38. The smallest absolute Gasteiger partial charge is 0.0699 e. The lowest BCUT2D eigenvalue weighted by Crippen LogP contribution is -2.55. The van der Waals surface area contributed by atoms with Crippen molar-refractivity contribution in [3.8, 4) is 0 Å². The maximum absolute atomic E-state index is 6.58. The van der Waals surface area contributed by atoms with E-state index in [0.717, 1.165) is 32.4 Å². The molecule has 0 radical (unpaired) electrons. The minimum Gasteiger partial charge on any atom is -0.378 e. The third kappa shape index (κ3) is 4.80. The molecule has 0 aliphatic rings. The molecule has 0 spiro atoms. The third-order valence-corrected chi connectivity index (χ3v) is 3.72. The Kier molecular flexibility index (Phi) is 6.50. The van der Waals surface area contributed by atoms with Crippen molar-refractivity contribution in [1.82, 2.24) is 4.90 Å². The molecule has 0 aromatic heterocycles. The van der Waals surface area contributed by atoms with Crippen LogP contribution in [0.1, 0.15) is 39.2 Å². The molecule has 0 saturated carbocycles. The van der Waals surface area contributed by atoms with Gasteiger partial charge >= 0.3 is 0 Å². The summed E-state index contributed by atoms with van der Waals surface area (Å²) in [7, 11) is 4.12. The molecule has 0 fully saturated rings. The molecule has 1 unspecified atom stereocenters. The highest BCUT2D eigenvalue weighted by molar-refractivity contribution is 5.46. The first-order valence-corrected chi connectivity index (χ1v) is 7.71. The van der Waals surface area contributed by atoms with E-state index in [-0.39, 0.29) is 5.66 Å². The predicted octanol–water partition coefficient (Wildman–Crippen LogP) is 3.09. The minimum atomic E-state index is -0.272. The van der Waals surface area contributed by atoms with E-state index in [0.29, 0.717) is 0 Å². The fourth-order valence-electron chi connectivity index (χ4n) is 2.60. The van der Waals surface area contributed by atoms with Crippen molar-refractivity contribution in [3.63, 3.8) is 0 Å². The SMILES string of the molecule is CCCN(CCC)C(C)(N)Cc1ccc(N(C)C)cc1. The van der Waals surface area contributed by atoms with Crippen molar-refractivity contribution in [2.24, 2.45) is 5.73 Å². The van der Waals surface area contributed by atoms with Gasteiger partial charge in [0, 0.05) is 26.2 Å². The molecule has 1 aromatic carbocycles. The van der Waals surface area contributed by atoms with Crippen LogP contribution in [0.15, 0.2) is 24.3 Å². The molecule has 20 heavy (non-hydrogen) atoms. The third-order valence-electron chi connectivity index (χ3n) is 3.72. The van der Waals surface area contributed by atoms with Crippen molar-refractivity contribution in [1.29, 1.82) is 0 Å². The molecule has 0 saturated heterocycles. The van der Waals surface area contributed by atoms with Gasteiger partial charge in [-0.2, -0.15) is 0 Å². The zero-order valence-corrected chi connectivity index (χ0v) is 13.8. The standard InChI is InChI=1S/C17H31N3/c1-6-12-20(13-7-2)17(3,18)14-15-8-10-16(11-9-15)19(4)5/h8-11H,6-7,12-14,18H2,1-5H3. The summed E-state index contributed by atoms with van der Waals surface area (Å²) in [5.74, 6) is 0. The number of nitrogens with two attached hydrogens (primary N) is 1. The Morgan fingerprint density at radius 1 is 1.00 bits per heavy atom. The Labute approximate surface area is 124 Å². The van der Waals surface area contributed by atoms with Crippen molar-refractivity contribution < 1.29 is 0 Å². The van der Waals surface area contributed by atoms with Gasteiger partial charge in [0.1, 0.15) is 0 Å². The van der Waals surface area contributed by atoms with E-state index >= 15 is 0 Å². The van der Waals surface area contributed by atoms with Crippen LogP contribution < -0.4 is 10.6 Å². The average molecular weight is 277 g/mol. The van der Waals surface area contributed by atoms with Gasteiger partial charge in [0.2, 0.25) is 0 Å². The molecule has 2 N–H and O–H groups in total. The molecule has 1 rings (SSSR count). The van der Waals surface area contributed by atoms with Crippen LogP contribution in [0.3, 0.4) is 0 Å². The molecule has 0 aliphatic heterocycles. The number of nitrogens with zero attached hydrogens (tertiary/aromatic N) is 2. The minimum absolute atomic E-state index is 0.272. The molecule has 1 atom stereocenters. The molecule has 3 heteroatoms. The Morgan fingerprint density at radius 2 is 1.50 bits per heavy atom. The second-order valence-corrected chi connectivity index (χ2v) is 6.08. The topological polar surface area (TPSA) is 32.5 Å². The lowest BCUT2D eigenvalue weighted by molar-refractivity contribution is 0.108. The molecule has 1 aromatic rings. The highest BCUT2D eigenvalue weighted by atomic mass is 15.3. The van der Waals surface area contributed by atoms with Gasteiger partial charge in [-0.05, 0) is 50.6 Å². The van der Waals surface area contributed by atoms with Crippen LogP contribution in [0.25, 0.3) is 0 Å². The van der Waals surface area contributed by atoms with Crippen molar-refractivity contribution in [3.05, 3.63) is 29.8 Å². The van der Waals surface area contributed by atoms with E-state index in [9.17, 15) is 0 Å². The Bertz CT molecular complexity index is 376. The van der Waals surface area contributed by atoms with Crippen LogP contribution in [0.4, 0.5) is 5.69 Å².